The van der Waals surface area contributed by atoms with Crippen LogP contribution in [-0.4, -0.2) is 19.1 Å². The lowest BCUT2D eigenvalue weighted by atomic mass is 10.0. The Labute approximate surface area is 106 Å². The summed E-state index contributed by atoms with van der Waals surface area (Å²) < 4.78 is 0. The Balaban J connectivity index is 2.88. The van der Waals surface area contributed by atoms with Crippen molar-refractivity contribution in [3.63, 3.8) is 0 Å². The second-order valence-electron chi connectivity index (χ2n) is 5.14. The van der Waals surface area contributed by atoms with Crippen molar-refractivity contribution >= 4 is 5.69 Å². The second kappa shape index (κ2) is 6.65. The summed E-state index contributed by atoms with van der Waals surface area (Å²) in [6.45, 7) is 10.6. The van der Waals surface area contributed by atoms with Gasteiger partial charge < -0.3 is 10.6 Å². The van der Waals surface area contributed by atoms with E-state index in [9.17, 15) is 0 Å². The lowest BCUT2D eigenvalue weighted by Gasteiger charge is -2.33. The van der Waals surface area contributed by atoms with Crippen molar-refractivity contribution in [1.82, 2.24) is 0 Å². The molecular formula is C15H26N2. The quantitative estimate of drug-likeness (QED) is 0.819. The van der Waals surface area contributed by atoms with Gasteiger partial charge in [0.1, 0.15) is 0 Å². The lowest BCUT2D eigenvalue weighted by Crippen LogP contribution is -2.41. The van der Waals surface area contributed by atoms with Crippen molar-refractivity contribution in [2.75, 3.05) is 18.0 Å². The van der Waals surface area contributed by atoms with E-state index in [1.807, 2.05) is 0 Å². The predicted octanol–water partition coefficient (Wildman–Crippen LogP) is 3.19. The first-order valence-electron chi connectivity index (χ1n) is 6.61. The van der Waals surface area contributed by atoms with Gasteiger partial charge in [-0.1, -0.05) is 26.0 Å². The molecule has 96 valence electrons. The Bertz CT molecular complexity index is 333. The third-order valence-electron chi connectivity index (χ3n) is 3.13. The van der Waals surface area contributed by atoms with E-state index in [-0.39, 0.29) is 0 Å². The third kappa shape index (κ3) is 4.04. The maximum absolute atomic E-state index is 5.93. The number of rotatable bonds is 6. The molecule has 0 aliphatic carbocycles. The first-order chi connectivity index (χ1) is 8.08. The highest BCUT2D eigenvalue weighted by Gasteiger charge is 2.17. The Morgan fingerprint density at radius 2 is 2.00 bits per heavy atom. The van der Waals surface area contributed by atoms with Crippen molar-refractivity contribution in [1.29, 1.82) is 0 Å². The van der Waals surface area contributed by atoms with E-state index in [1.54, 1.807) is 0 Å². The number of anilines is 1. The molecule has 0 bridgehead atoms. The third-order valence-corrected chi connectivity index (χ3v) is 3.13. The zero-order valence-corrected chi connectivity index (χ0v) is 11.6. The summed E-state index contributed by atoms with van der Waals surface area (Å²) in [5.74, 6) is 0.683. The van der Waals surface area contributed by atoms with Crippen molar-refractivity contribution in [3.05, 3.63) is 29.8 Å². The van der Waals surface area contributed by atoms with Crippen LogP contribution in [0.2, 0.25) is 0 Å². The van der Waals surface area contributed by atoms with Crippen LogP contribution in [0.3, 0.4) is 0 Å². The van der Waals surface area contributed by atoms with E-state index in [2.05, 4.69) is 56.9 Å². The Hall–Kier alpha value is -1.02. The van der Waals surface area contributed by atoms with Gasteiger partial charge in [-0.05, 0) is 43.9 Å². The monoisotopic (exact) mass is 234 g/mol. The molecule has 0 heterocycles. The summed E-state index contributed by atoms with van der Waals surface area (Å²) in [5.41, 5.74) is 8.53. The van der Waals surface area contributed by atoms with Gasteiger partial charge in [0.15, 0.2) is 0 Å². The smallest absolute Gasteiger partial charge is 0.0414 e. The van der Waals surface area contributed by atoms with Crippen LogP contribution in [-0.2, 0) is 0 Å². The van der Waals surface area contributed by atoms with E-state index in [4.69, 9.17) is 5.73 Å². The number of hydrogen-bond acceptors (Lipinski definition) is 2. The van der Waals surface area contributed by atoms with Crippen LogP contribution >= 0.6 is 0 Å². The van der Waals surface area contributed by atoms with E-state index in [0.717, 1.165) is 19.5 Å². The molecule has 1 rings (SSSR count). The summed E-state index contributed by atoms with van der Waals surface area (Å²) in [6, 6.07) is 9.13. The van der Waals surface area contributed by atoms with Gasteiger partial charge in [0.25, 0.3) is 0 Å². The molecular weight excluding hydrogens is 208 g/mol. The Morgan fingerprint density at radius 1 is 1.29 bits per heavy atom. The molecule has 0 fully saturated rings. The molecule has 0 aliphatic rings. The van der Waals surface area contributed by atoms with Gasteiger partial charge in [0, 0.05) is 24.8 Å². The van der Waals surface area contributed by atoms with Crippen molar-refractivity contribution in [2.24, 2.45) is 11.7 Å². The van der Waals surface area contributed by atoms with Gasteiger partial charge in [-0.25, -0.2) is 0 Å². The van der Waals surface area contributed by atoms with Gasteiger partial charge >= 0.3 is 0 Å². The molecule has 17 heavy (non-hydrogen) atoms. The number of nitrogens with two attached hydrogens (primary N) is 1. The Kier molecular flexibility index (Phi) is 5.49. The highest BCUT2D eigenvalue weighted by Crippen LogP contribution is 2.21. The average Bonchev–Trinajstić information content (AvgIpc) is 2.28. The van der Waals surface area contributed by atoms with Gasteiger partial charge in [-0.15, -0.1) is 0 Å². The number of aryl methyl sites for hydroxylation is 1. The maximum Gasteiger partial charge on any atom is 0.0414 e. The van der Waals surface area contributed by atoms with Crippen LogP contribution in [0.5, 0.6) is 0 Å². The molecule has 0 spiro atoms. The molecule has 0 saturated carbocycles. The molecule has 1 aromatic carbocycles. The summed E-state index contributed by atoms with van der Waals surface area (Å²) in [5, 5.41) is 0. The fourth-order valence-electron chi connectivity index (χ4n) is 2.35. The molecule has 2 N–H and O–H groups in total. The predicted molar refractivity (Wildman–Crippen MR) is 76.5 cm³/mol. The van der Waals surface area contributed by atoms with Gasteiger partial charge in [-0.3, -0.25) is 0 Å². The lowest BCUT2D eigenvalue weighted by molar-refractivity contribution is 0.474. The molecule has 1 unspecified atom stereocenters. The van der Waals surface area contributed by atoms with E-state index < -0.39 is 0 Å². The highest BCUT2D eigenvalue weighted by molar-refractivity contribution is 5.49. The number of likely N-dealkylation sites (N-methyl/N-ethyl adjacent to an activating group) is 1. The first-order valence-corrected chi connectivity index (χ1v) is 6.61. The molecule has 1 aromatic rings. The molecule has 0 amide bonds. The normalized spacial score (nSPS) is 12.8. The van der Waals surface area contributed by atoms with E-state index in [0.29, 0.717) is 12.0 Å². The number of hydrogen-bond donors (Lipinski definition) is 1. The van der Waals surface area contributed by atoms with E-state index in [1.165, 1.54) is 11.3 Å². The minimum absolute atomic E-state index is 0.446. The molecule has 0 aliphatic heterocycles. The topological polar surface area (TPSA) is 29.3 Å². The van der Waals surface area contributed by atoms with E-state index >= 15 is 0 Å². The minimum Gasteiger partial charge on any atom is -0.368 e. The fourth-order valence-corrected chi connectivity index (χ4v) is 2.35. The summed E-state index contributed by atoms with van der Waals surface area (Å²) in [7, 11) is 0. The van der Waals surface area contributed by atoms with Crippen LogP contribution < -0.4 is 10.6 Å². The zero-order valence-electron chi connectivity index (χ0n) is 11.6. The average molecular weight is 234 g/mol. The molecule has 1 atom stereocenters. The summed E-state index contributed by atoms with van der Waals surface area (Å²) in [6.07, 6.45) is 1.15. The molecule has 2 heteroatoms. The van der Waals surface area contributed by atoms with Crippen molar-refractivity contribution < 1.29 is 0 Å². The standard InChI is InChI=1S/C15H26N2/c1-5-17(15(11-16)9-12(2)3)14-8-6-7-13(4)10-14/h6-8,10,12,15H,5,9,11,16H2,1-4H3. The van der Waals surface area contributed by atoms with Crippen LogP contribution in [0.1, 0.15) is 32.8 Å². The molecule has 2 nitrogen and oxygen atoms in total. The first kappa shape index (κ1) is 14.0. The maximum atomic E-state index is 5.93. The highest BCUT2D eigenvalue weighted by atomic mass is 15.2. The Morgan fingerprint density at radius 3 is 2.47 bits per heavy atom. The number of benzene rings is 1. The fraction of sp³-hybridized carbons (Fsp3) is 0.600. The molecule has 0 saturated heterocycles. The largest absolute Gasteiger partial charge is 0.368 e. The summed E-state index contributed by atoms with van der Waals surface area (Å²) >= 11 is 0. The van der Waals surface area contributed by atoms with Gasteiger partial charge in [-0.2, -0.15) is 0 Å². The van der Waals surface area contributed by atoms with Crippen LogP contribution in [0.15, 0.2) is 24.3 Å². The van der Waals surface area contributed by atoms with Gasteiger partial charge in [0.2, 0.25) is 0 Å². The van der Waals surface area contributed by atoms with Crippen LogP contribution in [0.25, 0.3) is 0 Å². The minimum atomic E-state index is 0.446. The SMILES string of the molecule is CCN(c1cccc(C)c1)C(CN)CC(C)C. The van der Waals surface area contributed by atoms with Gasteiger partial charge in [0.05, 0.1) is 0 Å². The van der Waals surface area contributed by atoms with Crippen molar-refractivity contribution in [3.8, 4) is 0 Å². The van der Waals surface area contributed by atoms with Crippen molar-refractivity contribution in [2.45, 2.75) is 40.2 Å². The second-order valence-corrected chi connectivity index (χ2v) is 5.14. The summed E-state index contributed by atoms with van der Waals surface area (Å²) in [4.78, 5) is 2.42. The van der Waals surface area contributed by atoms with Crippen LogP contribution in [0.4, 0.5) is 5.69 Å². The molecule has 0 aromatic heterocycles. The van der Waals surface area contributed by atoms with Crippen LogP contribution in [0, 0.1) is 12.8 Å². The zero-order chi connectivity index (χ0) is 12.8. The number of nitrogens with zero attached hydrogens (tertiary/aromatic N) is 1. The molecule has 0 radical (unpaired) electrons.